The molecule has 6 heteroatoms. The fourth-order valence-corrected chi connectivity index (χ4v) is 3.75. The van der Waals surface area contributed by atoms with Crippen molar-refractivity contribution in [3.63, 3.8) is 0 Å². The van der Waals surface area contributed by atoms with Crippen LogP contribution in [0.3, 0.4) is 0 Å². The van der Waals surface area contributed by atoms with Gasteiger partial charge in [0.1, 0.15) is 6.54 Å². The molecular weight excluding hydrogens is 384 g/mol. The molecule has 0 atom stereocenters. The van der Waals surface area contributed by atoms with Crippen molar-refractivity contribution in [3.05, 3.63) is 70.1 Å². The topological polar surface area (TPSA) is 66.5 Å². The number of para-hydroxylation sites is 1. The highest BCUT2D eigenvalue weighted by atomic mass is 32.2. The van der Waals surface area contributed by atoms with E-state index in [4.69, 9.17) is 0 Å². The molecule has 150 valence electrons. The number of imide groups is 1. The maximum absolute atomic E-state index is 12.6. The van der Waals surface area contributed by atoms with Crippen LogP contribution < -0.4 is 5.32 Å². The lowest BCUT2D eigenvalue weighted by Gasteiger charge is -2.18. The molecule has 1 N–H and O–H groups in total. The lowest BCUT2D eigenvalue weighted by Crippen LogP contribution is -2.36. The Bertz CT molecular complexity index is 988. The third-order valence-corrected chi connectivity index (χ3v) is 5.58. The van der Waals surface area contributed by atoms with Gasteiger partial charge in [-0.05, 0) is 52.9 Å². The second-order valence-electron chi connectivity index (χ2n) is 8.00. The molecular formula is C23H24N2O3S. The summed E-state index contributed by atoms with van der Waals surface area (Å²) in [5, 5.41) is 2.31. The molecule has 1 aliphatic heterocycles. The Balaban J connectivity index is 1.70. The van der Waals surface area contributed by atoms with Gasteiger partial charge < -0.3 is 5.32 Å². The Morgan fingerprint density at radius 2 is 1.72 bits per heavy atom. The molecule has 0 saturated carbocycles. The molecule has 3 rings (SSSR count). The molecule has 0 unspecified atom stereocenters. The Labute approximate surface area is 175 Å². The Hall–Kier alpha value is -2.86. The molecule has 0 radical (unpaired) electrons. The van der Waals surface area contributed by atoms with Crippen molar-refractivity contribution in [1.82, 2.24) is 4.90 Å². The number of rotatable bonds is 4. The summed E-state index contributed by atoms with van der Waals surface area (Å²) in [4.78, 5) is 38.5. The number of benzene rings is 2. The quantitative estimate of drug-likeness (QED) is 0.726. The van der Waals surface area contributed by atoms with Crippen LogP contribution in [0.2, 0.25) is 0 Å². The van der Waals surface area contributed by atoms with Crippen LogP contribution in [0.25, 0.3) is 6.08 Å². The first-order valence-electron chi connectivity index (χ1n) is 9.36. The standard InChI is InChI=1S/C23H24N2O3S/c1-15-7-5-6-8-18(15)24-20(26)14-25-21(27)19(29-22(25)28)13-16-9-11-17(12-10-16)23(2,3)4/h5-13H,14H2,1-4H3,(H,24,26)/b19-13-. The first-order valence-corrected chi connectivity index (χ1v) is 10.2. The first kappa shape index (κ1) is 20.9. The van der Waals surface area contributed by atoms with Crippen molar-refractivity contribution in [2.24, 2.45) is 0 Å². The highest BCUT2D eigenvalue weighted by Gasteiger charge is 2.36. The summed E-state index contributed by atoms with van der Waals surface area (Å²) in [6.07, 6.45) is 1.69. The number of nitrogens with one attached hydrogen (secondary N) is 1. The van der Waals surface area contributed by atoms with Gasteiger partial charge in [-0.15, -0.1) is 0 Å². The predicted octanol–water partition coefficient (Wildman–Crippen LogP) is 4.97. The molecule has 0 aromatic heterocycles. The average Bonchev–Trinajstić information content (AvgIpc) is 2.91. The van der Waals surface area contributed by atoms with Crippen molar-refractivity contribution in [1.29, 1.82) is 0 Å². The fraction of sp³-hybridized carbons (Fsp3) is 0.261. The van der Waals surface area contributed by atoms with Gasteiger partial charge in [0.2, 0.25) is 5.91 Å². The Morgan fingerprint density at radius 1 is 1.07 bits per heavy atom. The number of carbonyl (C=O) groups excluding carboxylic acids is 3. The van der Waals surface area contributed by atoms with Crippen molar-refractivity contribution < 1.29 is 14.4 Å². The van der Waals surface area contributed by atoms with E-state index < -0.39 is 17.1 Å². The highest BCUT2D eigenvalue weighted by Crippen LogP contribution is 2.32. The summed E-state index contributed by atoms with van der Waals surface area (Å²) < 4.78 is 0. The lowest BCUT2D eigenvalue weighted by atomic mass is 9.87. The van der Waals surface area contributed by atoms with Crippen molar-refractivity contribution in [2.75, 3.05) is 11.9 Å². The van der Waals surface area contributed by atoms with Crippen LogP contribution in [-0.4, -0.2) is 28.5 Å². The zero-order chi connectivity index (χ0) is 21.2. The van der Waals surface area contributed by atoms with Crippen LogP contribution in [0.15, 0.2) is 53.4 Å². The molecule has 1 saturated heterocycles. The number of anilines is 1. The minimum atomic E-state index is -0.445. The van der Waals surface area contributed by atoms with Gasteiger partial charge in [0, 0.05) is 5.69 Å². The first-order chi connectivity index (χ1) is 13.6. The molecule has 0 spiro atoms. The number of amides is 3. The monoisotopic (exact) mass is 408 g/mol. The SMILES string of the molecule is Cc1ccccc1NC(=O)CN1C(=O)S/C(=C\c2ccc(C(C)(C)C)cc2)C1=O. The van der Waals surface area contributed by atoms with E-state index in [1.54, 1.807) is 12.1 Å². The number of carbonyl (C=O) groups is 3. The molecule has 2 aromatic rings. The van der Waals surface area contributed by atoms with Gasteiger partial charge in [-0.25, -0.2) is 0 Å². The molecule has 1 heterocycles. The third kappa shape index (κ3) is 4.95. The zero-order valence-electron chi connectivity index (χ0n) is 17.0. The number of aryl methyl sites for hydroxylation is 1. The zero-order valence-corrected chi connectivity index (χ0v) is 17.8. The van der Waals surface area contributed by atoms with Crippen LogP contribution in [0.5, 0.6) is 0 Å². The summed E-state index contributed by atoms with van der Waals surface area (Å²) in [5.74, 6) is -0.850. The van der Waals surface area contributed by atoms with Crippen molar-refractivity contribution in [3.8, 4) is 0 Å². The van der Waals surface area contributed by atoms with E-state index in [-0.39, 0.29) is 12.0 Å². The minimum Gasteiger partial charge on any atom is -0.324 e. The smallest absolute Gasteiger partial charge is 0.294 e. The Morgan fingerprint density at radius 3 is 2.34 bits per heavy atom. The normalized spacial score (nSPS) is 15.9. The van der Waals surface area contributed by atoms with Crippen LogP contribution in [0.1, 0.15) is 37.5 Å². The van der Waals surface area contributed by atoms with Gasteiger partial charge in [-0.3, -0.25) is 19.3 Å². The molecule has 5 nitrogen and oxygen atoms in total. The fourth-order valence-electron chi connectivity index (χ4n) is 2.91. The summed E-state index contributed by atoms with van der Waals surface area (Å²) in [7, 11) is 0. The average molecular weight is 409 g/mol. The van der Waals surface area contributed by atoms with Crippen molar-refractivity contribution >= 4 is 40.6 Å². The number of hydrogen-bond acceptors (Lipinski definition) is 4. The van der Waals surface area contributed by atoms with Crippen molar-refractivity contribution in [2.45, 2.75) is 33.1 Å². The van der Waals surface area contributed by atoms with Crippen LogP contribution >= 0.6 is 11.8 Å². The van der Waals surface area contributed by atoms with E-state index in [9.17, 15) is 14.4 Å². The highest BCUT2D eigenvalue weighted by molar-refractivity contribution is 8.18. The van der Waals surface area contributed by atoms with Crippen LogP contribution in [0.4, 0.5) is 10.5 Å². The van der Waals surface area contributed by atoms with Gasteiger partial charge in [0.15, 0.2) is 0 Å². The molecule has 29 heavy (non-hydrogen) atoms. The molecule has 1 aliphatic rings. The second kappa shape index (κ2) is 8.25. The summed E-state index contributed by atoms with van der Waals surface area (Å²) >= 11 is 0.856. The number of hydrogen-bond donors (Lipinski definition) is 1. The van der Waals surface area contributed by atoms with Gasteiger partial charge in [0.05, 0.1) is 4.91 Å². The summed E-state index contributed by atoms with van der Waals surface area (Å²) in [6, 6.07) is 15.2. The van der Waals surface area contributed by atoms with Crippen LogP contribution in [-0.2, 0) is 15.0 Å². The Kier molecular flexibility index (Phi) is 5.94. The molecule has 3 amide bonds. The number of nitrogens with zero attached hydrogens (tertiary/aromatic N) is 1. The minimum absolute atomic E-state index is 0.0425. The third-order valence-electron chi connectivity index (χ3n) is 4.67. The second-order valence-corrected chi connectivity index (χ2v) is 9.00. The van der Waals surface area contributed by atoms with Gasteiger partial charge in [-0.2, -0.15) is 0 Å². The van der Waals surface area contributed by atoms with E-state index in [1.807, 2.05) is 49.4 Å². The maximum Gasteiger partial charge on any atom is 0.294 e. The summed E-state index contributed by atoms with van der Waals surface area (Å²) in [6.45, 7) is 7.97. The molecule has 2 aromatic carbocycles. The maximum atomic E-state index is 12.6. The van der Waals surface area contributed by atoms with E-state index in [2.05, 4.69) is 26.1 Å². The lowest BCUT2D eigenvalue weighted by molar-refractivity contribution is -0.127. The molecule has 1 fully saturated rings. The van der Waals surface area contributed by atoms with Gasteiger partial charge in [-0.1, -0.05) is 63.2 Å². The van der Waals surface area contributed by atoms with Gasteiger partial charge >= 0.3 is 0 Å². The molecule has 0 aliphatic carbocycles. The van der Waals surface area contributed by atoms with E-state index >= 15 is 0 Å². The van der Waals surface area contributed by atoms with E-state index in [0.717, 1.165) is 27.8 Å². The van der Waals surface area contributed by atoms with Gasteiger partial charge in [0.25, 0.3) is 11.1 Å². The molecule has 0 bridgehead atoms. The van der Waals surface area contributed by atoms with Crippen LogP contribution in [0, 0.1) is 6.92 Å². The number of thioether (sulfide) groups is 1. The van der Waals surface area contributed by atoms with E-state index in [1.165, 1.54) is 5.56 Å². The largest absolute Gasteiger partial charge is 0.324 e. The summed E-state index contributed by atoms with van der Waals surface area (Å²) in [5.41, 5.74) is 3.65. The predicted molar refractivity (Wildman–Crippen MR) is 118 cm³/mol. The van der Waals surface area contributed by atoms with E-state index in [0.29, 0.717) is 10.6 Å².